The molecule has 0 aromatic heterocycles. The predicted molar refractivity (Wildman–Crippen MR) is 136 cm³/mol. The SMILES string of the molecule is CCCCOc1ccc(CC)cc1CCC(=O)c1c(OCCCC)cccc1OCCCC. The van der Waals surface area contributed by atoms with E-state index in [0.29, 0.717) is 49.7 Å². The van der Waals surface area contributed by atoms with Crippen LogP contribution < -0.4 is 14.2 Å². The van der Waals surface area contributed by atoms with Gasteiger partial charge in [-0.05, 0) is 61.4 Å². The first-order valence-electron chi connectivity index (χ1n) is 12.8. The summed E-state index contributed by atoms with van der Waals surface area (Å²) in [6.07, 6.45) is 8.09. The molecule has 4 nitrogen and oxygen atoms in total. The van der Waals surface area contributed by atoms with Crippen molar-refractivity contribution in [2.24, 2.45) is 0 Å². The Hall–Kier alpha value is -2.49. The van der Waals surface area contributed by atoms with E-state index < -0.39 is 0 Å². The molecule has 0 aliphatic heterocycles. The van der Waals surface area contributed by atoms with Gasteiger partial charge in [0.2, 0.25) is 0 Å². The molecule has 0 saturated heterocycles. The number of unbranched alkanes of at least 4 members (excludes halogenated alkanes) is 3. The maximum absolute atomic E-state index is 13.5. The number of benzene rings is 2. The third-order valence-corrected chi connectivity index (χ3v) is 5.69. The highest BCUT2D eigenvalue weighted by Crippen LogP contribution is 2.32. The van der Waals surface area contributed by atoms with Crippen LogP contribution in [0.15, 0.2) is 36.4 Å². The molecule has 0 atom stereocenters. The maximum Gasteiger partial charge on any atom is 0.170 e. The number of carbonyl (C=O) groups excluding carboxylic acids is 1. The van der Waals surface area contributed by atoms with Gasteiger partial charge in [0.05, 0.1) is 19.8 Å². The molecule has 0 radical (unpaired) electrons. The van der Waals surface area contributed by atoms with Gasteiger partial charge < -0.3 is 14.2 Å². The summed E-state index contributed by atoms with van der Waals surface area (Å²) in [6.45, 7) is 10.5. The summed E-state index contributed by atoms with van der Waals surface area (Å²) in [5.41, 5.74) is 2.92. The van der Waals surface area contributed by atoms with Crippen molar-refractivity contribution in [2.75, 3.05) is 19.8 Å². The van der Waals surface area contributed by atoms with E-state index in [4.69, 9.17) is 14.2 Å². The van der Waals surface area contributed by atoms with Crippen LogP contribution in [0.4, 0.5) is 0 Å². The van der Waals surface area contributed by atoms with Gasteiger partial charge in [-0.3, -0.25) is 4.79 Å². The Morgan fingerprint density at radius 2 is 1.27 bits per heavy atom. The second-order valence-electron chi connectivity index (χ2n) is 8.45. The van der Waals surface area contributed by atoms with Crippen molar-refractivity contribution in [3.05, 3.63) is 53.1 Å². The first-order valence-corrected chi connectivity index (χ1v) is 12.8. The predicted octanol–water partition coefficient (Wildman–Crippen LogP) is 7.60. The lowest BCUT2D eigenvalue weighted by atomic mass is 9.98. The number of aryl methyl sites for hydroxylation is 2. The molecule has 0 spiro atoms. The van der Waals surface area contributed by atoms with Crippen LogP contribution in [0.5, 0.6) is 17.2 Å². The molecular weight excluding hydrogens is 412 g/mol. The molecule has 2 aromatic rings. The Morgan fingerprint density at radius 3 is 1.79 bits per heavy atom. The molecule has 182 valence electrons. The molecular formula is C29H42O4. The fourth-order valence-corrected chi connectivity index (χ4v) is 3.57. The lowest BCUT2D eigenvalue weighted by molar-refractivity contribution is 0.0974. The minimum absolute atomic E-state index is 0.0509. The first-order chi connectivity index (χ1) is 16.1. The molecule has 2 rings (SSSR count). The minimum atomic E-state index is 0.0509. The van der Waals surface area contributed by atoms with Crippen molar-refractivity contribution >= 4 is 5.78 Å². The van der Waals surface area contributed by atoms with E-state index in [1.165, 1.54) is 5.56 Å². The molecule has 0 aliphatic rings. The molecule has 0 unspecified atom stereocenters. The van der Waals surface area contributed by atoms with E-state index in [9.17, 15) is 4.79 Å². The monoisotopic (exact) mass is 454 g/mol. The fourth-order valence-electron chi connectivity index (χ4n) is 3.57. The third-order valence-electron chi connectivity index (χ3n) is 5.69. The topological polar surface area (TPSA) is 44.8 Å². The van der Waals surface area contributed by atoms with E-state index in [0.717, 1.165) is 56.3 Å². The highest BCUT2D eigenvalue weighted by molar-refractivity contribution is 6.01. The van der Waals surface area contributed by atoms with E-state index >= 15 is 0 Å². The van der Waals surface area contributed by atoms with Crippen molar-refractivity contribution in [1.29, 1.82) is 0 Å². The van der Waals surface area contributed by atoms with E-state index in [-0.39, 0.29) is 5.78 Å². The zero-order chi connectivity index (χ0) is 23.9. The number of carbonyl (C=O) groups is 1. The van der Waals surface area contributed by atoms with Gasteiger partial charge in [0.25, 0.3) is 0 Å². The quantitative estimate of drug-likeness (QED) is 0.182. The molecule has 0 amide bonds. The van der Waals surface area contributed by atoms with Gasteiger partial charge >= 0.3 is 0 Å². The Bertz CT molecular complexity index is 815. The van der Waals surface area contributed by atoms with Gasteiger partial charge in [-0.2, -0.15) is 0 Å². The zero-order valence-electron chi connectivity index (χ0n) is 21.1. The van der Waals surface area contributed by atoms with E-state index in [1.54, 1.807) is 0 Å². The van der Waals surface area contributed by atoms with E-state index in [2.05, 4.69) is 45.9 Å². The molecule has 2 aromatic carbocycles. The molecule has 0 heterocycles. The molecule has 0 N–H and O–H groups in total. The molecule has 33 heavy (non-hydrogen) atoms. The second kappa shape index (κ2) is 15.4. The summed E-state index contributed by atoms with van der Waals surface area (Å²) < 4.78 is 18.0. The van der Waals surface area contributed by atoms with Gasteiger partial charge in [0, 0.05) is 6.42 Å². The van der Waals surface area contributed by atoms with Gasteiger partial charge in [-0.25, -0.2) is 0 Å². The van der Waals surface area contributed by atoms with Crippen LogP contribution in [0.2, 0.25) is 0 Å². The van der Waals surface area contributed by atoms with Gasteiger partial charge in [-0.1, -0.05) is 65.2 Å². The Kier molecular flexibility index (Phi) is 12.5. The molecule has 0 bridgehead atoms. The Balaban J connectivity index is 2.22. The fraction of sp³-hybridized carbons (Fsp3) is 0.552. The van der Waals surface area contributed by atoms with Crippen LogP contribution in [0.1, 0.15) is 94.1 Å². The van der Waals surface area contributed by atoms with E-state index in [1.807, 2.05) is 18.2 Å². The van der Waals surface area contributed by atoms with Gasteiger partial charge in [-0.15, -0.1) is 0 Å². The standard InChI is InChI=1S/C29H42O4/c1-5-9-19-31-26-18-15-23(8-4)22-24(26)16-17-25(30)29-27(32-20-10-6-2)13-12-14-28(29)33-21-11-7-3/h12-15,18,22H,5-11,16-17,19-21H2,1-4H3. The first kappa shape index (κ1) is 26.8. The van der Waals surface area contributed by atoms with Crippen LogP contribution in [-0.4, -0.2) is 25.6 Å². The number of ether oxygens (including phenoxy) is 3. The summed E-state index contributed by atoms with van der Waals surface area (Å²) in [4.78, 5) is 13.5. The van der Waals surface area contributed by atoms with Crippen LogP contribution in [-0.2, 0) is 12.8 Å². The van der Waals surface area contributed by atoms with Gasteiger partial charge in [0.1, 0.15) is 22.8 Å². The van der Waals surface area contributed by atoms with Crippen molar-refractivity contribution in [3.8, 4) is 17.2 Å². The van der Waals surface area contributed by atoms with Crippen LogP contribution in [0.25, 0.3) is 0 Å². The van der Waals surface area contributed by atoms with Crippen LogP contribution in [0.3, 0.4) is 0 Å². The molecule has 0 fully saturated rings. The van der Waals surface area contributed by atoms with Gasteiger partial charge in [0.15, 0.2) is 5.78 Å². The smallest absolute Gasteiger partial charge is 0.170 e. The summed E-state index contributed by atoms with van der Waals surface area (Å²) in [6, 6.07) is 12.0. The maximum atomic E-state index is 13.5. The van der Waals surface area contributed by atoms with Crippen molar-refractivity contribution in [2.45, 2.75) is 85.5 Å². The van der Waals surface area contributed by atoms with Crippen molar-refractivity contribution in [3.63, 3.8) is 0 Å². The van der Waals surface area contributed by atoms with Crippen LogP contribution >= 0.6 is 0 Å². The summed E-state index contributed by atoms with van der Waals surface area (Å²) >= 11 is 0. The number of Topliss-reactive ketones (excluding diaryl/α,β-unsaturated/α-hetero) is 1. The third kappa shape index (κ3) is 8.75. The highest BCUT2D eigenvalue weighted by atomic mass is 16.5. The lowest BCUT2D eigenvalue weighted by Crippen LogP contribution is -2.10. The average Bonchev–Trinajstić information content (AvgIpc) is 2.83. The Labute approximate surface area is 200 Å². The minimum Gasteiger partial charge on any atom is -0.493 e. The summed E-state index contributed by atoms with van der Waals surface area (Å²) in [7, 11) is 0. The Morgan fingerprint density at radius 1 is 0.727 bits per heavy atom. The van der Waals surface area contributed by atoms with Crippen LogP contribution in [0, 0.1) is 0 Å². The largest absolute Gasteiger partial charge is 0.493 e. The van der Waals surface area contributed by atoms with Crippen molar-refractivity contribution < 1.29 is 19.0 Å². The number of rotatable bonds is 17. The molecule has 0 aliphatic carbocycles. The highest BCUT2D eigenvalue weighted by Gasteiger charge is 2.20. The lowest BCUT2D eigenvalue weighted by Gasteiger charge is -2.16. The normalized spacial score (nSPS) is 10.8. The summed E-state index contributed by atoms with van der Waals surface area (Å²) in [5, 5.41) is 0. The average molecular weight is 455 g/mol. The number of hydrogen-bond acceptors (Lipinski definition) is 4. The summed E-state index contributed by atoms with van der Waals surface area (Å²) in [5.74, 6) is 2.20. The molecule has 4 heteroatoms. The molecule has 0 saturated carbocycles. The number of ketones is 1. The van der Waals surface area contributed by atoms with Crippen molar-refractivity contribution in [1.82, 2.24) is 0 Å². The zero-order valence-corrected chi connectivity index (χ0v) is 21.1. The number of hydrogen-bond donors (Lipinski definition) is 0. The second-order valence-corrected chi connectivity index (χ2v) is 8.45.